The van der Waals surface area contributed by atoms with Crippen LogP contribution in [-0.2, 0) is 4.79 Å². The van der Waals surface area contributed by atoms with Gasteiger partial charge in [-0.25, -0.2) is 9.59 Å². The van der Waals surface area contributed by atoms with E-state index in [0.717, 1.165) is 43.4 Å². The van der Waals surface area contributed by atoms with E-state index in [9.17, 15) is 14.7 Å². The maximum atomic E-state index is 13.2. The fraction of sp³-hybridized carbons (Fsp3) is 0.333. The molecule has 2 aliphatic heterocycles. The number of quaternary nitrogens is 1. The molecule has 2 amide bonds. The van der Waals surface area contributed by atoms with E-state index in [2.05, 4.69) is 5.32 Å². The van der Waals surface area contributed by atoms with Crippen LogP contribution in [0.25, 0.3) is 0 Å². The van der Waals surface area contributed by atoms with Crippen LogP contribution in [0.1, 0.15) is 32.1 Å². The molecule has 0 spiro atoms. The van der Waals surface area contributed by atoms with E-state index in [0.29, 0.717) is 0 Å². The Hall–Kier alpha value is -3.06. The molecule has 4 aliphatic rings. The van der Waals surface area contributed by atoms with Gasteiger partial charge in [0.25, 0.3) is 0 Å². The Morgan fingerprint density at radius 1 is 1.18 bits per heavy atom. The number of carbonyl (C=O) groups is 2. The highest BCUT2D eigenvalue weighted by atomic mass is 16.4. The number of hydrogen-bond acceptors (Lipinski definition) is 3. The summed E-state index contributed by atoms with van der Waals surface area (Å²) < 4.78 is -0.0908. The Morgan fingerprint density at radius 2 is 1.96 bits per heavy atom. The van der Waals surface area contributed by atoms with Crippen LogP contribution in [0.3, 0.4) is 0 Å². The van der Waals surface area contributed by atoms with Crippen LogP contribution in [0.2, 0.25) is 0 Å². The molecule has 2 N–H and O–H groups in total. The molecule has 0 bridgehead atoms. The normalized spacial score (nSPS) is 25.9. The number of hydrogen-bond donors (Lipinski definition) is 2. The van der Waals surface area contributed by atoms with Gasteiger partial charge in [-0.3, -0.25) is 0 Å². The van der Waals surface area contributed by atoms with E-state index in [-0.39, 0.29) is 22.3 Å². The highest BCUT2D eigenvalue weighted by Gasteiger charge is 2.55. The zero-order chi connectivity index (χ0) is 19.7. The Morgan fingerprint density at radius 3 is 2.68 bits per heavy atom. The summed E-state index contributed by atoms with van der Waals surface area (Å²) in [7, 11) is 1.62. The van der Waals surface area contributed by atoms with Crippen LogP contribution in [-0.4, -0.2) is 44.9 Å². The minimum absolute atomic E-state index is 0.0128. The predicted molar refractivity (Wildman–Crippen MR) is 105 cm³/mol. The standard InChI is InChI=1S/C21H24N4O3/c1-22-21(28)24(18-9-5-3-6-10-18)25-15-17(20(26)27)12-13-23(25)14-16-8-4-2-7-11-19(16)25/h2,4,7-8,11-15,18H,3,5-6,9-10H2,1H3,(H-,22,26,27,28)/p+1. The Bertz CT molecular complexity index is 874. The number of fused-ring (bicyclic) bond motifs is 3. The van der Waals surface area contributed by atoms with Crippen molar-refractivity contribution in [2.45, 2.75) is 38.1 Å². The first-order valence-electron chi connectivity index (χ1n) is 9.69. The third-order valence-corrected chi connectivity index (χ3v) is 5.67. The number of allylic oxidation sites excluding steroid dienone is 5. The molecule has 28 heavy (non-hydrogen) atoms. The van der Waals surface area contributed by atoms with Gasteiger partial charge in [0, 0.05) is 13.1 Å². The van der Waals surface area contributed by atoms with Crippen LogP contribution >= 0.6 is 0 Å². The lowest BCUT2D eigenvalue weighted by Gasteiger charge is -2.48. The minimum atomic E-state index is -1.01. The van der Waals surface area contributed by atoms with Crippen LogP contribution in [0.15, 0.2) is 71.9 Å². The molecule has 146 valence electrons. The molecule has 4 rings (SSSR count). The number of aliphatic carboxylic acids is 1. The lowest BCUT2D eigenvalue weighted by molar-refractivity contribution is -1.03. The lowest BCUT2D eigenvalue weighted by atomic mass is 9.95. The molecule has 0 aromatic heterocycles. The largest absolute Gasteiger partial charge is 0.477 e. The van der Waals surface area contributed by atoms with Crippen LogP contribution in [0.5, 0.6) is 0 Å². The number of amides is 2. The predicted octanol–water partition coefficient (Wildman–Crippen LogP) is 3.31. The number of nitrogens with one attached hydrogen (secondary N) is 1. The van der Waals surface area contributed by atoms with Crippen molar-refractivity contribution in [2.24, 2.45) is 0 Å². The SMILES string of the molecule is CNC(=O)N(C1CCCCC1)[N+]12C=C(C(=O)O)C=CN1C=C1C=CC=CC=C12. The molecule has 2 heterocycles. The van der Waals surface area contributed by atoms with Gasteiger partial charge in [-0.05, 0) is 25.0 Å². The van der Waals surface area contributed by atoms with Crippen molar-refractivity contribution < 1.29 is 19.4 Å². The van der Waals surface area contributed by atoms with E-state index in [1.165, 1.54) is 0 Å². The first-order chi connectivity index (χ1) is 13.6. The summed E-state index contributed by atoms with van der Waals surface area (Å²) in [6, 6.07) is -0.209. The van der Waals surface area contributed by atoms with Gasteiger partial charge in [0.1, 0.15) is 5.57 Å². The first-order valence-corrected chi connectivity index (χ1v) is 9.69. The molecule has 0 aromatic rings. The average molecular weight is 381 g/mol. The highest BCUT2D eigenvalue weighted by molar-refractivity contribution is 5.89. The third-order valence-electron chi connectivity index (χ3n) is 5.67. The van der Waals surface area contributed by atoms with Gasteiger partial charge in [0.15, 0.2) is 11.9 Å². The van der Waals surface area contributed by atoms with Crippen molar-refractivity contribution in [3.8, 4) is 0 Å². The number of carboxylic acid groups (broad SMARTS) is 1. The van der Waals surface area contributed by atoms with Crippen molar-refractivity contribution in [3.63, 3.8) is 0 Å². The second-order valence-electron chi connectivity index (χ2n) is 7.31. The molecule has 2 aliphatic carbocycles. The summed E-state index contributed by atoms with van der Waals surface area (Å²) >= 11 is 0. The summed E-state index contributed by atoms with van der Waals surface area (Å²) in [5.41, 5.74) is 1.96. The van der Waals surface area contributed by atoms with Crippen molar-refractivity contribution in [1.82, 2.24) is 15.3 Å². The maximum absolute atomic E-state index is 13.2. The number of nitrogens with zero attached hydrogens (tertiary/aromatic N) is 3. The van der Waals surface area contributed by atoms with Crippen LogP contribution in [0, 0.1) is 0 Å². The van der Waals surface area contributed by atoms with E-state index in [1.807, 2.05) is 41.6 Å². The van der Waals surface area contributed by atoms with Crippen LogP contribution in [0.4, 0.5) is 4.79 Å². The zero-order valence-corrected chi connectivity index (χ0v) is 15.9. The molecule has 1 saturated carbocycles. The van der Waals surface area contributed by atoms with Gasteiger partial charge in [-0.1, -0.05) is 42.2 Å². The topological polar surface area (TPSA) is 72.9 Å². The quantitative estimate of drug-likeness (QED) is 0.736. The molecular formula is C21H25N4O3+. The van der Waals surface area contributed by atoms with Crippen molar-refractivity contribution in [2.75, 3.05) is 7.05 Å². The molecule has 0 aromatic carbocycles. The monoisotopic (exact) mass is 381 g/mol. The minimum Gasteiger partial charge on any atom is -0.477 e. The second kappa shape index (κ2) is 7.16. The fourth-order valence-corrected chi connectivity index (χ4v) is 4.40. The summed E-state index contributed by atoms with van der Waals surface area (Å²) in [5, 5.41) is 16.2. The summed E-state index contributed by atoms with van der Waals surface area (Å²) in [6.07, 6.45) is 21.7. The zero-order valence-electron chi connectivity index (χ0n) is 15.9. The number of carbonyl (C=O) groups excluding carboxylic acids is 1. The summed E-state index contributed by atoms with van der Waals surface area (Å²) in [5.74, 6) is -1.01. The molecule has 7 nitrogen and oxygen atoms in total. The summed E-state index contributed by atoms with van der Waals surface area (Å²) in [6.45, 7) is 0. The molecule has 1 fully saturated rings. The van der Waals surface area contributed by atoms with Crippen molar-refractivity contribution in [3.05, 3.63) is 71.9 Å². The van der Waals surface area contributed by atoms with Crippen molar-refractivity contribution >= 4 is 12.0 Å². The molecule has 1 unspecified atom stereocenters. The first kappa shape index (κ1) is 18.3. The van der Waals surface area contributed by atoms with E-state index < -0.39 is 5.97 Å². The number of urea groups is 1. The Kier molecular flexibility index (Phi) is 4.68. The van der Waals surface area contributed by atoms with Crippen LogP contribution < -0.4 is 5.32 Å². The van der Waals surface area contributed by atoms with Gasteiger partial charge in [-0.2, -0.15) is 5.01 Å². The fourth-order valence-electron chi connectivity index (χ4n) is 4.40. The third kappa shape index (κ3) is 2.79. The second-order valence-corrected chi connectivity index (χ2v) is 7.31. The smallest absolute Gasteiger partial charge is 0.364 e. The van der Waals surface area contributed by atoms with Gasteiger partial charge in [0.05, 0.1) is 24.0 Å². The number of carboxylic acids is 1. The van der Waals surface area contributed by atoms with E-state index >= 15 is 0 Å². The maximum Gasteiger partial charge on any atom is 0.364 e. The van der Waals surface area contributed by atoms with Gasteiger partial charge >= 0.3 is 12.0 Å². The van der Waals surface area contributed by atoms with Gasteiger partial charge < -0.3 is 10.4 Å². The van der Waals surface area contributed by atoms with Gasteiger partial charge in [-0.15, -0.1) is 5.01 Å². The summed E-state index contributed by atoms with van der Waals surface area (Å²) in [4.78, 5) is 25.0. The number of rotatable bonds is 3. The molecule has 7 heteroatoms. The Balaban J connectivity index is 1.92. The molecule has 0 saturated heterocycles. The Labute approximate surface area is 164 Å². The van der Waals surface area contributed by atoms with Crippen molar-refractivity contribution in [1.29, 1.82) is 0 Å². The highest BCUT2D eigenvalue weighted by Crippen LogP contribution is 2.44. The van der Waals surface area contributed by atoms with Gasteiger partial charge in [0.2, 0.25) is 0 Å². The lowest BCUT2D eigenvalue weighted by Crippen LogP contribution is -2.67. The van der Waals surface area contributed by atoms with E-state index in [1.54, 1.807) is 30.5 Å². The molecule has 1 atom stereocenters. The molecule has 0 radical (unpaired) electrons. The average Bonchev–Trinajstić information content (AvgIpc) is 2.85. The molecular weight excluding hydrogens is 356 g/mol. The van der Waals surface area contributed by atoms with E-state index in [4.69, 9.17) is 0 Å².